The molecule has 0 heterocycles. The van der Waals surface area contributed by atoms with Crippen LogP contribution in [-0.4, -0.2) is 28.9 Å². The summed E-state index contributed by atoms with van der Waals surface area (Å²) in [7, 11) is -0.911. The first-order valence-corrected chi connectivity index (χ1v) is 6.44. The van der Waals surface area contributed by atoms with E-state index in [1.807, 2.05) is 0 Å². The molecule has 96 valence electrons. The number of hydrogen-bond donors (Lipinski definition) is 0. The Morgan fingerprint density at radius 2 is 1.88 bits per heavy atom. The molecule has 0 aliphatic carbocycles. The van der Waals surface area contributed by atoms with Gasteiger partial charge < -0.3 is 9.47 Å². The molecule has 0 aromatic heterocycles. The Kier molecular flexibility index (Phi) is 4.30. The molecule has 0 saturated carbocycles. The van der Waals surface area contributed by atoms with Gasteiger partial charge in [0.2, 0.25) is 0 Å². The second-order valence-electron chi connectivity index (χ2n) is 3.27. The highest BCUT2D eigenvalue weighted by Gasteiger charge is 2.14. The van der Waals surface area contributed by atoms with Gasteiger partial charge in [-0.05, 0) is 6.07 Å². The summed E-state index contributed by atoms with van der Waals surface area (Å²) < 4.78 is 49.6. The van der Waals surface area contributed by atoms with Crippen LogP contribution < -0.4 is 9.47 Å². The Morgan fingerprint density at radius 1 is 1.24 bits per heavy atom. The number of ether oxygens (including phenoxy) is 2. The highest BCUT2D eigenvalue weighted by Crippen LogP contribution is 2.27. The smallest absolute Gasteiger partial charge is 0.264 e. The predicted molar refractivity (Wildman–Crippen MR) is 59.1 cm³/mol. The van der Waals surface area contributed by atoms with Crippen molar-refractivity contribution in [1.29, 1.82) is 0 Å². The number of benzene rings is 1. The van der Waals surface area contributed by atoms with Crippen LogP contribution in [0.3, 0.4) is 0 Å². The Labute approximate surface area is 99.2 Å². The first-order chi connectivity index (χ1) is 7.87. The second-order valence-corrected chi connectivity index (χ2v) is 4.91. The molecule has 0 radical (unpaired) electrons. The highest BCUT2D eigenvalue weighted by atomic mass is 32.2. The van der Waals surface area contributed by atoms with Gasteiger partial charge in [0.25, 0.3) is 10.1 Å². The SMILES string of the molecule is COc1cc(COS(C)(=O)=O)c(F)c(OC)c1. The van der Waals surface area contributed by atoms with Crippen LogP contribution >= 0.6 is 0 Å². The summed E-state index contributed by atoms with van der Waals surface area (Å²) in [4.78, 5) is 0. The fourth-order valence-electron chi connectivity index (χ4n) is 1.17. The number of methoxy groups -OCH3 is 2. The van der Waals surface area contributed by atoms with Crippen LogP contribution in [0.2, 0.25) is 0 Å². The lowest BCUT2D eigenvalue weighted by Gasteiger charge is -2.10. The maximum Gasteiger partial charge on any atom is 0.264 e. The Balaban J connectivity index is 3.05. The predicted octanol–water partition coefficient (Wildman–Crippen LogP) is 1.32. The summed E-state index contributed by atoms with van der Waals surface area (Å²) in [6.45, 7) is -0.405. The second kappa shape index (κ2) is 5.33. The topological polar surface area (TPSA) is 61.8 Å². The van der Waals surface area contributed by atoms with Gasteiger partial charge in [-0.1, -0.05) is 0 Å². The van der Waals surface area contributed by atoms with Crippen molar-refractivity contribution in [1.82, 2.24) is 0 Å². The Morgan fingerprint density at radius 3 is 2.35 bits per heavy atom. The van der Waals surface area contributed by atoms with Crippen LogP contribution in [0.15, 0.2) is 12.1 Å². The fourth-order valence-corrected chi connectivity index (χ4v) is 1.51. The monoisotopic (exact) mass is 264 g/mol. The van der Waals surface area contributed by atoms with Crippen LogP contribution in [0.4, 0.5) is 4.39 Å². The zero-order valence-corrected chi connectivity index (χ0v) is 10.5. The molecule has 0 N–H and O–H groups in total. The van der Waals surface area contributed by atoms with E-state index in [1.54, 1.807) is 0 Å². The van der Waals surface area contributed by atoms with Crippen LogP contribution in [0, 0.1) is 5.82 Å². The lowest BCUT2D eigenvalue weighted by molar-refractivity contribution is 0.299. The van der Waals surface area contributed by atoms with Crippen molar-refractivity contribution in [3.05, 3.63) is 23.5 Å². The van der Waals surface area contributed by atoms with E-state index in [0.717, 1.165) is 6.26 Å². The van der Waals surface area contributed by atoms with E-state index in [0.29, 0.717) is 5.75 Å². The molecule has 0 aliphatic rings. The third-order valence-corrected chi connectivity index (χ3v) is 2.52. The van der Waals surface area contributed by atoms with Gasteiger partial charge in [-0.25, -0.2) is 4.39 Å². The van der Waals surface area contributed by atoms with Crippen molar-refractivity contribution < 1.29 is 26.5 Å². The zero-order chi connectivity index (χ0) is 13.1. The van der Waals surface area contributed by atoms with Crippen molar-refractivity contribution in [2.24, 2.45) is 0 Å². The van der Waals surface area contributed by atoms with Crippen molar-refractivity contribution in [3.63, 3.8) is 0 Å². The summed E-state index contributed by atoms with van der Waals surface area (Å²) >= 11 is 0. The molecular formula is C10H13FO5S. The fraction of sp³-hybridized carbons (Fsp3) is 0.400. The van der Waals surface area contributed by atoms with Crippen LogP contribution in [0.1, 0.15) is 5.56 Å². The van der Waals surface area contributed by atoms with Gasteiger partial charge in [0.15, 0.2) is 11.6 Å². The maximum absolute atomic E-state index is 13.7. The molecule has 0 bridgehead atoms. The first kappa shape index (κ1) is 13.7. The number of hydrogen-bond acceptors (Lipinski definition) is 5. The van der Waals surface area contributed by atoms with Crippen LogP contribution in [-0.2, 0) is 20.9 Å². The zero-order valence-electron chi connectivity index (χ0n) is 9.69. The standard InChI is InChI=1S/C10H13FO5S/c1-14-8-4-7(6-16-17(3,12)13)10(11)9(5-8)15-2/h4-5H,6H2,1-3H3. The molecule has 1 rings (SSSR count). The first-order valence-electron chi connectivity index (χ1n) is 4.62. The minimum absolute atomic E-state index is 0.0311. The van der Waals surface area contributed by atoms with Crippen molar-refractivity contribution in [3.8, 4) is 11.5 Å². The molecule has 0 atom stereocenters. The van der Waals surface area contributed by atoms with E-state index >= 15 is 0 Å². The summed E-state index contributed by atoms with van der Waals surface area (Å²) in [5.74, 6) is -0.344. The van der Waals surface area contributed by atoms with Crippen molar-refractivity contribution >= 4 is 10.1 Å². The van der Waals surface area contributed by atoms with E-state index in [1.165, 1.54) is 26.4 Å². The van der Waals surface area contributed by atoms with Crippen molar-refractivity contribution in [2.45, 2.75) is 6.61 Å². The molecule has 1 aromatic rings. The van der Waals surface area contributed by atoms with E-state index in [-0.39, 0.29) is 11.3 Å². The third-order valence-electron chi connectivity index (χ3n) is 1.97. The van der Waals surface area contributed by atoms with E-state index in [2.05, 4.69) is 4.18 Å². The average molecular weight is 264 g/mol. The summed E-state index contributed by atoms with van der Waals surface area (Å²) in [6.07, 6.45) is 0.891. The lowest BCUT2D eigenvalue weighted by Crippen LogP contribution is -2.05. The summed E-state index contributed by atoms with van der Waals surface area (Å²) in [5.41, 5.74) is 0.0478. The Bertz CT molecular complexity index is 498. The van der Waals surface area contributed by atoms with Gasteiger partial charge in [-0.2, -0.15) is 8.42 Å². The van der Waals surface area contributed by atoms with Gasteiger partial charge in [-0.15, -0.1) is 0 Å². The third kappa shape index (κ3) is 3.86. The molecule has 0 saturated heterocycles. The van der Waals surface area contributed by atoms with Gasteiger partial charge in [0.05, 0.1) is 27.1 Å². The Hall–Kier alpha value is -1.34. The molecule has 17 heavy (non-hydrogen) atoms. The number of halogens is 1. The molecule has 5 nitrogen and oxygen atoms in total. The molecule has 1 aromatic carbocycles. The van der Waals surface area contributed by atoms with Crippen LogP contribution in [0.25, 0.3) is 0 Å². The normalized spacial score (nSPS) is 11.3. The molecule has 0 fully saturated rings. The molecular weight excluding hydrogens is 251 g/mol. The highest BCUT2D eigenvalue weighted by molar-refractivity contribution is 7.85. The molecule has 0 spiro atoms. The van der Waals surface area contributed by atoms with Crippen LogP contribution in [0.5, 0.6) is 11.5 Å². The van der Waals surface area contributed by atoms with E-state index in [4.69, 9.17) is 9.47 Å². The van der Waals surface area contributed by atoms with E-state index < -0.39 is 22.5 Å². The van der Waals surface area contributed by atoms with Crippen molar-refractivity contribution in [2.75, 3.05) is 20.5 Å². The molecule has 7 heteroatoms. The molecule has 0 aliphatic heterocycles. The van der Waals surface area contributed by atoms with E-state index in [9.17, 15) is 12.8 Å². The number of rotatable bonds is 5. The average Bonchev–Trinajstić information content (AvgIpc) is 2.26. The van der Waals surface area contributed by atoms with Gasteiger partial charge in [0, 0.05) is 11.6 Å². The summed E-state index contributed by atoms with van der Waals surface area (Å²) in [5, 5.41) is 0. The van der Waals surface area contributed by atoms with Gasteiger partial charge in [0.1, 0.15) is 5.75 Å². The van der Waals surface area contributed by atoms with Gasteiger partial charge in [-0.3, -0.25) is 4.18 Å². The minimum Gasteiger partial charge on any atom is -0.497 e. The minimum atomic E-state index is -3.63. The largest absolute Gasteiger partial charge is 0.497 e. The molecule has 0 amide bonds. The molecule has 0 unspecified atom stereocenters. The maximum atomic E-state index is 13.7. The lowest BCUT2D eigenvalue weighted by atomic mass is 10.2. The summed E-state index contributed by atoms with van der Waals surface area (Å²) in [6, 6.07) is 2.71. The quantitative estimate of drug-likeness (QED) is 0.750. The van der Waals surface area contributed by atoms with Gasteiger partial charge >= 0.3 is 0 Å².